The fourth-order valence-corrected chi connectivity index (χ4v) is 2.79. The van der Waals surface area contributed by atoms with Crippen LogP contribution >= 0.6 is 15.9 Å². The molecule has 5 heteroatoms. The molecule has 0 saturated carbocycles. The highest BCUT2D eigenvalue weighted by Gasteiger charge is 2.14. The first kappa shape index (κ1) is 18.0. The summed E-state index contributed by atoms with van der Waals surface area (Å²) in [6, 6.07) is 6.69. The SMILES string of the molecule is CC(C)CN(CC(N)=O)c1ccc(CNC(C)C)cc1Br. The van der Waals surface area contributed by atoms with Crippen LogP contribution in [0.15, 0.2) is 22.7 Å². The first-order chi connectivity index (χ1) is 9.79. The van der Waals surface area contributed by atoms with Gasteiger partial charge in [-0.3, -0.25) is 4.79 Å². The molecule has 0 aliphatic heterocycles. The lowest BCUT2D eigenvalue weighted by atomic mass is 10.1. The lowest BCUT2D eigenvalue weighted by molar-refractivity contribution is -0.116. The van der Waals surface area contributed by atoms with Gasteiger partial charge < -0.3 is 16.0 Å². The quantitative estimate of drug-likeness (QED) is 0.753. The Labute approximate surface area is 136 Å². The van der Waals surface area contributed by atoms with Gasteiger partial charge in [0.1, 0.15) is 0 Å². The number of hydrogen-bond donors (Lipinski definition) is 2. The zero-order chi connectivity index (χ0) is 16.0. The van der Waals surface area contributed by atoms with Crippen LogP contribution < -0.4 is 16.0 Å². The largest absolute Gasteiger partial charge is 0.368 e. The number of anilines is 1. The molecule has 4 nitrogen and oxygen atoms in total. The van der Waals surface area contributed by atoms with Gasteiger partial charge in [-0.15, -0.1) is 0 Å². The van der Waals surface area contributed by atoms with Crippen molar-refractivity contribution in [3.05, 3.63) is 28.2 Å². The van der Waals surface area contributed by atoms with Gasteiger partial charge in [-0.2, -0.15) is 0 Å². The molecule has 118 valence electrons. The Bertz CT molecular complexity index is 475. The van der Waals surface area contributed by atoms with Gasteiger partial charge in [0.15, 0.2) is 0 Å². The number of nitrogens with two attached hydrogens (primary N) is 1. The zero-order valence-corrected chi connectivity index (χ0v) is 14.9. The van der Waals surface area contributed by atoms with E-state index in [2.05, 4.69) is 61.1 Å². The molecule has 0 aromatic heterocycles. The van der Waals surface area contributed by atoms with Crippen molar-refractivity contribution < 1.29 is 4.79 Å². The minimum Gasteiger partial charge on any atom is -0.368 e. The average molecular weight is 356 g/mol. The molecule has 0 aliphatic rings. The lowest BCUT2D eigenvalue weighted by Crippen LogP contribution is -2.36. The summed E-state index contributed by atoms with van der Waals surface area (Å²) < 4.78 is 0.993. The number of primary amides is 1. The molecule has 0 atom stereocenters. The van der Waals surface area contributed by atoms with Crippen LogP contribution in [0.2, 0.25) is 0 Å². The number of amides is 1. The van der Waals surface area contributed by atoms with Crippen molar-refractivity contribution in [2.45, 2.75) is 40.3 Å². The van der Waals surface area contributed by atoms with Crippen LogP contribution in [0.5, 0.6) is 0 Å². The van der Waals surface area contributed by atoms with E-state index in [0.717, 1.165) is 23.2 Å². The molecular formula is C16H26BrN3O. The second-order valence-corrected chi connectivity index (χ2v) is 6.92. The number of hydrogen-bond acceptors (Lipinski definition) is 3. The van der Waals surface area contributed by atoms with E-state index in [1.54, 1.807) is 0 Å². The van der Waals surface area contributed by atoms with Crippen LogP contribution in [0, 0.1) is 5.92 Å². The lowest BCUT2D eigenvalue weighted by Gasteiger charge is -2.26. The van der Waals surface area contributed by atoms with E-state index in [9.17, 15) is 4.79 Å². The number of carbonyl (C=O) groups excluding carboxylic acids is 1. The van der Waals surface area contributed by atoms with Crippen molar-refractivity contribution in [1.82, 2.24) is 5.32 Å². The maximum atomic E-state index is 11.3. The smallest absolute Gasteiger partial charge is 0.236 e. The van der Waals surface area contributed by atoms with Gasteiger partial charge in [0.05, 0.1) is 12.2 Å². The Morgan fingerprint density at radius 1 is 1.33 bits per heavy atom. The summed E-state index contributed by atoms with van der Waals surface area (Å²) in [7, 11) is 0. The monoisotopic (exact) mass is 355 g/mol. The Balaban J connectivity index is 2.90. The van der Waals surface area contributed by atoms with E-state index in [1.165, 1.54) is 5.56 Å². The number of nitrogens with zero attached hydrogens (tertiary/aromatic N) is 1. The van der Waals surface area contributed by atoms with Crippen LogP contribution in [-0.2, 0) is 11.3 Å². The molecule has 0 unspecified atom stereocenters. The molecule has 1 rings (SSSR count). The normalized spacial score (nSPS) is 11.2. The highest BCUT2D eigenvalue weighted by Crippen LogP contribution is 2.28. The Morgan fingerprint density at radius 2 is 2.00 bits per heavy atom. The molecule has 21 heavy (non-hydrogen) atoms. The van der Waals surface area contributed by atoms with Crippen molar-refractivity contribution in [3.63, 3.8) is 0 Å². The summed E-state index contributed by atoms with van der Waals surface area (Å²) in [6.07, 6.45) is 0. The number of benzene rings is 1. The molecule has 0 spiro atoms. The summed E-state index contributed by atoms with van der Waals surface area (Å²) in [5, 5.41) is 3.39. The van der Waals surface area contributed by atoms with Crippen LogP contribution in [0.1, 0.15) is 33.3 Å². The molecule has 1 aromatic rings. The Kier molecular flexibility index (Phi) is 7.18. The number of carbonyl (C=O) groups is 1. The highest BCUT2D eigenvalue weighted by atomic mass is 79.9. The van der Waals surface area contributed by atoms with Crippen LogP contribution in [0.25, 0.3) is 0 Å². The second-order valence-electron chi connectivity index (χ2n) is 6.06. The number of rotatable bonds is 8. The van der Waals surface area contributed by atoms with E-state index in [-0.39, 0.29) is 12.5 Å². The van der Waals surface area contributed by atoms with Crippen LogP contribution in [0.4, 0.5) is 5.69 Å². The third kappa shape index (κ3) is 6.48. The molecular weight excluding hydrogens is 330 g/mol. The van der Waals surface area contributed by atoms with Crippen molar-refractivity contribution in [2.24, 2.45) is 11.7 Å². The van der Waals surface area contributed by atoms with Crippen molar-refractivity contribution >= 4 is 27.5 Å². The molecule has 0 saturated heterocycles. The standard InChI is InChI=1S/C16H26BrN3O/c1-11(2)9-20(10-16(18)21)15-6-5-13(7-14(15)17)8-19-12(3)4/h5-7,11-12,19H,8-10H2,1-4H3,(H2,18,21). The number of halogens is 1. The molecule has 1 aromatic carbocycles. The first-order valence-corrected chi connectivity index (χ1v) is 8.14. The minimum atomic E-state index is -0.312. The molecule has 1 amide bonds. The Hall–Kier alpha value is -1.07. The van der Waals surface area contributed by atoms with E-state index in [4.69, 9.17) is 5.73 Å². The van der Waals surface area contributed by atoms with E-state index in [0.29, 0.717) is 12.0 Å². The third-order valence-electron chi connectivity index (χ3n) is 3.00. The van der Waals surface area contributed by atoms with Crippen molar-refractivity contribution in [3.8, 4) is 0 Å². The predicted octanol–water partition coefficient (Wildman–Crippen LogP) is 2.89. The summed E-state index contributed by atoms with van der Waals surface area (Å²) in [4.78, 5) is 13.3. The molecule has 0 heterocycles. The summed E-state index contributed by atoms with van der Waals surface area (Å²) in [5.74, 6) is 0.145. The molecule has 3 N–H and O–H groups in total. The van der Waals surface area contributed by atoms with Gasteiger partial charge in [-0.25, -0.2) is 0 Å². The maximum Gasteiger partial charge on any atom is 0.236 e. The molecule has 0 fully saturated rings. The molecule has 0 aliphatic carbocycles. The van der Waals surface area contributed by atoms with Crippen LogP contribution in [0.3, 0.4) is 0 Å². The average Bonchev–Trinajstić information content (AvgIpc) is 2.34. The van der Waals surface area contributed by atoms with Gasteiger partial charge in [-0.1, -0.05) is 33.8 Å². The Morgan fingerprint density at radius 3 is 2.48 bits per heavy atom. The van der Waals surface area contributed by atoms with E-state index < -0.39 is 0 Å². The zero-order valence-electron chi connectivity index (χ0n) is 13.3. The summed E-state index contributed by atoms with van der Waals surface area (Å²) in [6.45, 7) is 10.4. The van der Waals surface area contributed by atoms with Crippen LogP contribution in [-0.4, -0.2) is 25.0 Å². The second kappa shape index (κ2) is 8.39. The first-order valence-electron chi connectivity index (χ1n) is 7.34. The van der Waals surface area contributed by atoms with Gasteiger partial charge in [0.2, 0.25) is 5.91 Å². The van der Waals surface area contributed by atoms with Gasteiger partial charge in [-0.05, 0) is 39.5 Å². The van der Waals surface area contributed by atoms with E-state index in [1.807, 2.05) is 11.0 Å². The van der Waals surface area contributed by atoms with Gasteiger partial charge in [0, 0.05) is 23.6 Å². The molecule has 0 bridgehead atoms. The summed E-state index contributed by atoms with van der Waals surface area (Å²) >= 11 is 3.61. The van der Waals surface area contributed by atoms with Crippen molar-refractivity contribution in [2.75, 3.05) is 18.0 Å². The topological polar surface area (TPSA) is 58.4 Å². The molecule has 0 radical (unpaired) electrons. The fourth-order valence-electron chi connectivity index (χ4n) is 2.12. The maximum absolute atomic E-state index is 11.3. The van der Waals surface area contributed by atoms with Gasteiger partial charge >= 0.3 is 0 Å². The highest BCUT2D eigenvalue weighted by molar-refractivity contribution is 9.10. The third-order valence-corrected chi connectivity index (χ3v) is 3.63. The minimum absolute atomic E-state index is 0.236. The van der Waals surface area contributed by atoms with E-state index >= 15 is 0 Å². The van der Waals surface area contributed by atoms with Gasteiger partial charge in [0.25, 0.3) is 0 Å². The number of nitrogens with one attached hydrogen (secondary N) is 1. The van der Waals surface area contributed by atoms with Crippen molar-refractivity contribution in [1.29, 1.82) is 0 Å². The fraction of sp³-hybridized carbons (Fsp3) is 0.562. The predicted molar refractivity (Wildman–Crippen MR) is 92.4 cm³/mol. The summed E-state index contributed by atoms with van der Waals surface area (Å²) in [5.41, 5.74) is 7.58.